The molecule has 1 aromatic rings. The van der Waals surface area contributed by atoms with Gasteiger partial charge in [0, 0.05) is 26.8 Å². The molecule has 1 aliphatic rings. The maximum absolute atomic E-state index is 4.50. The molecule has 0 radical (unpaired) electrons. The molecular weight excluding hydrogens is 176 g/mol. The Balaban J connectivity index is 2.19. The summed E-state index contributed by atoms with van der Waals surface area (Å²) in [6, 6.07) is 2.05. The Hall–Kier alpha value is -1.32. The number of nitrogens with zero attached hydrogens (tertiary/aromatic N) is 4. The van der Waals surface area contributed by atoms with Gasteiger partial charge in [0.25, 0.3) is 0 Å². The van der Waals surface area contributed by atoms with Crippen LogP contribution in [-0.2, 0) is 7.05 Å². The first-order valence-electron chi connectivity index (χ1n) is 4.93. The second kappa shape index (κ2) is 3.44. The van der Waals surface area contributed by atoms with Crippen molar-refractivity contribution in [2.24, 2.45) is 12.0 Å². The number of aryl methyl sites for hydroxylation is 1. The second-order valence-electron chi connectivity index (χ2n) is 3.80. The molecule has 0 amide bonds. The van der Waals surface area contributed by atoms with Crippen LogP contribution in [0.15, 0.2) is 17.3 Å². The van der Waals surface area contributed by atoms with Crippen molar-refractivity contribution in [3.63, 3.8) is 0 Å². The third-order valence-electron chi connectivity index (χ3n) is 2.67. The molecule has 0 spiro atoms. The van der Waals surface area contributed by atoms with E-state index in [0.717, 1.165) is 24.6 Å². The molecule has 76 valence electrons. The van der Waals surface area contributed by atoms with Crippen molar-refractivity contribution in [1.82, 2.24) is 14.7 Å². The molecule has 14 heavy (non-hydrogen) atoms. The van der Waals surface area contributed by atoms with Crippen LogP contribution in [0.1, 0.15) is 18.5 Å². The van der Waals surface area contributed by atoms with Gasteiger partial charge in [0.1, 0.15) is 5.84 Å². The summed E-state index contributed by atoms with van der Waals surface area (Å²) in [6.07, 6.45) is 1.97. The standard InChI is InChI=1S/C10H16N4/c1-8(9-4-6-14(3)12-9)10-11-5-7-13(10)2/h4,6,8H,5,7H2,1-3H3. The van der Waals surface area contributed by atoms with Gasteiger partial charge in [0.2, 0.25) is 0 Å². The lowest BCUT2D eigenvalue weighted by molar-refractivity contribution is 0.537. The smallest absolute Gasteiger partial charge is 0.108 e. The monoisotopic (exact) mass is 192 g/mol. The molecule has 1 unspecified atom stereocenters. The summed E-state index contributed by atoms with van der Waals surface area (Å²) in [5.74, 6) is 1.47. The second-order valence-corrected chi connectivity index (χ2v) is 3.80. The maximum Gasteiger partial charge on any atom is 0.108 e. The molecule has 1 aromatic heterocycles. The van der Waals surface area contributed by atoms with Crippen molar-refractivity contribution in [2.75, 3.05) is 20.1 Å². The van der Waals surface area contributed by atoms with Crippen molar-refractivity contribution in [3.8, 4) is 0 Å². The zero-order valence-corrected chi connectivity index (χ0v) is 8.94. The van der Waals surface area contributed by atoms with E-state index in [4.69, 9.17) is 0 Å². The zero-order valence-electron chi connectivity index (χ0n) is 8.94. The highest BCUT2D eigenvalue weighted by molar-refractivity contribution is 5.89. The van der Waals surface area contributed by atoms with Gasteiger partial charge < -0.3 is 4.90 Å². The van der Waals surface area contributed by atoms with Gasteiger partial charge in [0.05, 0.1) is 18.2 Å². The average Bonchev–Trinajstić information content (AvgIpc) is 2.73. The topological polar surface area (TPSA) is 33.4 Å². The summed E-state index contributed by atoms with van der Waals surface area (Å²) in [5, 5.41) is 4.40. The van der Waals surface area contributed by atoms with E-state index in [9.17, 15) is 0 Å². The van der Waals surface area contributed by atoms with E-state index in [2.05, 4.69) is 35.0 Å². The SMILES string of the molecule is CC(C1=NCCN1C)c1ccn(C)n1. The van der Waals surface area contributed by atoms with E-state index in [1.54, 1.807) is 0 Å². The van der Waals surface area contributed by atoms with Gasteiger partial charge in [-0.2, -0.15) is 5.10 Å². The lowest BCUT2D eigenvalue weighted by Gasteiger charge is -2.18. The molecule has 1 aliphatic heterocycles. The Bertz CT molecular complexity index is 353. The highest BCUT2D eigenvalue weighted by Crippen LogP contribution is 2.18. The van der Waals surface area contributed by atoms with Gasteiger partial charge in [-0.05, 0) is 13.0 Å². The lowest BCUT2D eigenvalue weighted by atomic mass is 10.1. The molecule has 4 heteroatoms. The summed E-state index contributed by atoms with van der Waals surface area (Å²) in [4.78, 5) is 6.70. The third kappa shape index (κ3) is 1.52. The van der Waals surface area contributed by atoms with Gasteiger partial charge in [0.15, 0.2) is 0 Å². The van der Waals surface area contributed by atoms with E-state index in [1.807, 2.05) is 17.9 Å². The highest BCUT2D eigenvalue weighted by Gasteiger charge is 2.21. The van der Waals surface area contributed by atoms with E-state index >= 15 is 0 Å². The molecule has 4 nitrogen and oxygen atoms in total. The van der Waals surface area contributed by atoms with Crippen LogP contribution >= 0.6 is 0 Å². The minimum atomic E-state index is 0.309. The van der Waals surface area contributed by atoms with E-state index in [0.29, 0.717) is 5.92 Å². The first-order chi connectivity index (χ1) is 6.68. The van der Waals surface area contributed by atoms with Crippen molar-refractivity contribution >= 4 is 5.84 Å². The molecule has 0 N–H and O–H groups in total. The number of hydrogen-bond acceptors (Lipinski definition) is 3. The zero-order chi connectivity index (χ0) is 10.1. The Morgan fingerprint density at radius 2 is 2.21 bits per heavy atom. The van der Waals surface area contributed by atoms with Gasteiger partial charge in [-0.25, -0.2) is 0 Å². The average molecular weight is 192 g/mol. The van der Waals surface area contributed by atoms with Gasteiger partial charge in [-0.15, -0.1) is 0 Å². The fourth-order valence-corrected chi connectivity index (χ4v) is 1.81. The van der Waals surface area contributed by atoms with Crippen LogP contribution < -0.4 is 0 Å². The van der Waals surface area contributed by atoms with Crippen molar-refractivity contribution < 1.29 is 0 Å². The largest absolute Gasteiger partial charge is 0.361 e. The molecule has 2 rings (SSSR count). The van der Waals surface area contributed by atoms with Crippen LogP contribution in [0.3, 0.4) is 0 Å². The summed E-state index contributed by atoms with van der Waals surface area (Å²) in [6.45, 7) is 4.11. The Kier molecular flexibility index (Phi) is 2.27. The predicted molar refractivity (Wildman–Crippen MR) is 56.6 cm³/mol. The van der Waals surface area contributed by atoms with Gasteiger partial charge in [-0.3, -0.25) is 9.67 Å². The summed E-state index contributed by atoms with van der Waals surface area (Å²) >= 11 is 0. The van der Waals surface area contributed by atoms with Crippen LogP contribution in [0, 0.1) is 0 Å². The fraction of sp³-hybridized carbons (Fsp3) is 0.600. The van der Waals surface area contributed by atoms with Crippen LogP contribution in [0.5, 0.6) is 0 Å². The normalized spacial score (nSPS) is 18.5. The van der Waals surface area contributed by atoms with Crippen LogP contribution in [0.2, 0.25) is 0 Å². The number of hydrogen-bond donors (Lipinski definition) is 0. The summed E-state index contributed by atoms with van der Waals surface area (Å²) in [7, 11) is 4.03. The van der Waals surface area contributed by atoms with Crippen molar-refractivity contribution in [2.45, 2.75) is 12.8 Å². The number of amidine groups is 1. The highest BCUT2D eigenvalue weighted by atomic mass is 15.3. The van der Waals surface area contributed by atoms with Crippen LogP contribution in [0.4, 0.5) is 0 Å². The predicted octanol–water partition coefficient (Wildman–Crippen LogP) is 0.868. The minimum Gasteiger partial charge on any atom is -0.361 e. The van der Waals surface area contributed by atoms with Crippen molar-refractivity contribution in [3.05, 3.63) is 18.0 Å². The first kappa shape index (κ1) is 9.24. The van der Waals surface area contributed by atoms with E-state index in [-0.39, 0.29) is 0 Å². The van der Waals surface area contributed by atoms with Gasteiger partial charge in [-0.1, -0.05) is 0 Å². The number of rotatable bonds is 2. The molecular formula is C10H16N4. The van der Waals surface area contributed by atoms with Crippen molar-refractivity contribution in [1.29, 1.82) is 0 Å². The third-order valence-corrected chi connectivity index (χ3v) is 2.67. The maximum atomic E-state index is 4.50. The Morgan fingerprint density at radius 1 is 1.43 bits per heavy atom. The number of likely N-dealkylation sites (N-methyl/N-ethyl adjacent to an activating group) is 1. The van der Waals surface area contributed by atoms with Crippen LogP contribution in [-0.4, -0.2) is 40.7 Å². The van der Waals surface area contributed by atoms with E-state index < -0.39 is 0 Å². The first-order valence-corrected chi connectivity index (χ1v) is 4.93. The molecule has 0 aromatic carbocycles. The van der Waals surface area contributed by atoms with Crippen LogP contribution in [0.25, 0.3) is 0 Å². The molecule has 0 saturated carbocycles. The number of aromatic nitrogens is 2. The fourth-order valence-electron chi connectivity index (χ4n) is 1.81. The molecule has 1 atom stereocenters. The molecule has 0 saturated heterocycles. The Morgan fingerprint density at radius 3 is 2.71 bits per heavy atom. The number of aliphatic imine (C=N–C) groups is 1. The molecule has 0 aliphatic carbocycles. The Labute approximate surface area is 84.2 Å². The van der Waals surface area contributed by atoms with E-state index in [1.165, 1.54) is 0 Å². The van der Waals surface area contributed by atoms with Gasteiger partial charge >= 0.3 is 0 Å². The summed E-state index contributed by atoms with van der Waals surface area (Å²) in [5.41, 5.74) is 1.10. The molecule has 0 bridgehead atoms. The molecule has 0 fully saturated rings. The molecule has 2 heterocycles. The minimum absolute atomic E-state index is 0.309. The lowest BCUT2D eigenvalue weighted by Crippen LogP contribution is -2.27. The summed E-state index contributed by atoms with van der Waals surface area (Å²) < 4.78 is 1.83. The quantitative estimate of drug-likeness (QED) is 0.696.